The molecule has 2 aromatic carbocycles. The zero-order valence-electron chi connectivity index (χ0n) is 19.6. The minimum Gasteiger partial charge on any atom is -0.479 e. The summed E-state index contributed by atoms with van der Waals surface area (Å²) in [4.78, 5) is 41.2. The van der Waals surface area contributed by atoms with Gasteiger partial charge in [0.15, 0.2) is 0 Å². The lowest BCUT2D eigenvalue weighted by Crippen LogP contribution is -2.47. The second kappa shape index (κ2) is 11.3. The summed E-state index contributed by atoms with van der Waals surface area (Å²) in [6.07, 6.45) is 0.865. The minimum atomic E-state index is -1.32. The predicted molar refractivity (Wildman–Crippen MR) is 126 cm³/mol. The van der Waals surface area contributed by atoms with Crippen molar-refractivity contribution >= 4 is 18.0 Å². The van der Waals surface area contributed by atoms with Gasteiger partial charge < -0.3 is 19.9 Å². The fourth-order valence-corrected chi connectivity index (χ4v) is 4.65. The summed E-state index contributed by atoms with van der Waals surface area (Å²) in [5.41, 5.74) is 6.70. The summed E-state index contributed by atoms with van der Waals surface area (Å²) in [6, 6.07) is 15.8. The maximum absolute atomic E-state index is 12.7. The van der Waals surface area contributed by atoms with Crippen molar-refractivity contribution in [1.29, 1.82) is 0 Å². The van der Waals surface area contributed by atoms with Crippen LogP contribution in [0.5, 0.6) is 0 Å². The predicted octanol–water partition coefficient (Wildman–Crippen LogP) is 3.23. The Morgan fingerprint density at radius 1 is 1.03 bits per heavy atom. The number of fused-ring (bicyclic) bond motifs is 3. The number of benzene rings is 2. The van der Waals surface area contributed by atoms with Crippen molar-refractivity contribution in [3.05, 3.63) is 59.7 Å². The number of carboxylic acid groups (broad SMARTS) is 1. The van der Waals surface area contributed by atoms with E-state index < -0.39 is 30.1 Å². The molecule has 0 radical (unpaired) electrons. The Labute approximate surface area is 203 Å². The van der Waals surface area contributed by atoms with Crippen molar-refractivity contribution in [1.82, 2.24) is 10.8 Å². The zero-order chi connectivity index (χ0) is 24.8. The van der Waals surface area contributed by atoms with Crippen molar-refractivity contribution in [3.8, 4) is 11.1 Å². The molecule has 0 spiro atoms. The average Bonchev–Trinajstić information content (AvgIpc) is 3.13. The van der Waals surface area contributed by atoms with Gasteiger partial charge in [-0.2, -0.15) is 0 Å². The molecule has 4 rings (SSSR count). The highest BCUT2D eigenvalue weighted by Crippen LogP contribution is 2.44. The Hall–Kier alpha value is -3.43. The number of hydrogen-bond donors (Lipinski definition) is 3. The van der Waals surface area contributed by atoms with Crippen LogP contribution in [-0.4, -0.2) is 55.5 Å². The Bertz CT molecular complexity index is 1020. The summed E-state index contributed by atoms with van der Waals surface area (Å²) >= 11 is 0. The van der Waals surface area contributed by atoms with E-state index >= 15 is 0 Å². The first kappa shape index (κ1) is 24.7. The number of nitrogens with one attached hydrogen (secondary N) is 2. The van der Waals surface area contributed by atoms with Crippen molar-refractivity contribution in [2.75, 3.05) is 20.3 Å². The van der Waals surface area contributed by atoms with Crippen molar-refractivity contribution in [2.24, 2.45) is 5.92 Å². The van der Waals surface area contributed by atoms with Gasteiger partial charge in [0.25, 0.3) is 0 Å². The zero-order valence-corrected chi connectivity index (χ0v) is 19.6. The molecule has 0 aliphatic heterocycles. The van der Waals surface area contributed by atoms with Gasteiger partial charge in [0.1, 0.15) is 6.61 Å². The SMILES string of the molecule is COCC(ONC(=O)CC(NC(=O)OCC1c2ccccc2-c2ccccc21)C1CCC1)C(=O)O. The van der Waals surface area contributed by atoms with E-state index in [0.29, 0.717) is 0 Å². The molecular weight excluding hydrogens is 452 g/mol. The van der Waals surface area contributed by atoms with Crippen molar-refractivity contribution in [3.63, 3.8) is 0 Å². The van der Waals surface area contributed by atoms with Crippen LogP contribution in [0.25, 0.3) is 11.1 Å². The fourth-order valence-electron chi connectivity index (χ4n) is 4.65. The molecule has 9 nitrogen and oxygen atoms in total. The van der Waals surface area contributed by atoms with E-state index in [2.05, 4.69) is 35.1 Å². The third-order valence-electron chi connectivity index (χ3n) is 6.68. The first-order valence-electron chi connectivity index (χ1n) is 11.8. The summed E-state index contributed by atoms with van der Waals surface area (Å²) in [5.74, 6) is -1.68. The van der Waals surface area contributed by atoms with E-state index in [4.69, 9.17) is 19.4 Å². The van der Waals surface area contributed by atoms with Crippen LogP contribution >= 0.6 is 0 Å². The molecule has 0 aromatic heterocycles. The number of alkyl carbamates (subject to hydrolysis) is 1. The largest absolute Gasteiger partial charge is 0.479 e. The van der Waals surface area contributed by atoms with Gasteiger partial charge >= 0.3 is 12.1 Å². The van der Waals surface area contributed by atoms with Gasteiger partial charge in [-0.1, -0.05) is 55.0 Å². The molecule has 1 fully saturated rings. The first-order chi connectivity index (χ1) is 17.0. The maximum atomic E-state index is 12.7. The van der Waals surface area contributed by atoms with Crippen LogP contribution in [0.1, 0.15) is 42.7 Å². The molecule has 2 unspecified atom stereocenters. The third kappa shape index (κ3) is 5.80. The van der Waals surface area contributed by atoms with E-state index in [0.717, 1.165) is 41.5 Å². The summed E-state index contributed by atoms with van der Waals surface area (Å²) in [5, 5.41) is 11.9. The Morgan fingerprint density at radius 2 is 1.66 bits per heavy atom. The van der Waals surface area contributed by atoms with E-state index in [9.17, 15) is 14.4 Å². The number of hydrogen-bond acceptors (Lipinski definition) is 6. The van der Waals surface area contributed by atoms with Gasteiger partial charge in [-0.3, -0.25) is 9.63 Å². The number of rotatable bonds is 11. The summed E-state index contributed by atoms with van der Waals surface area (Å²) in [7, 11) is 1.34. The fraction of sp³-hybridized carbons (Fsp3) is 0.423. The number of amides is 2. The van der Waals surface area contributed by atoms with Crippen LogP contribution in [0, 0.1) is 5.92 Å². The smallest absolute Gasteiger partial charge is 0.407 e. The number of ether oxygens (including phenoxy) is 2. The van der Waals surface area contributed by atoms with Gasteiger partial charge in [-0.15, -0.1) is 0 Å². The van der Waals surface area contributed by atoms with Crippen LogP contribution in [0.4, 0.5) is 4.79 Å². The maximum Gasteiger partial charge on any atom is 0.407 e. The number of aliphatic carboxylic acids is 1. The van der Waals surface area contributed by atoms with E-state index in [-0.39, 0.29) is 31.5 Å². The third-order valence-corrected chi connectivity index (χ3v) is 6.68. The van der Waals surface area contributed by atoms with Gasteiger partial charge in [-0.25, -0.2) is 15.1 Å². The lowest BCUT2D eigenvalue weighted by molar-refractivity contribution is -0.165. The second-order valence-corrected chi connectivity index (χ2v) is 8.90. The van der Waals surface area contributed by atoms with Gasteiger partial charge in [-0.05, 0) is 41.0 Å². The van der Waals surface area contributed by atoms with Crippen molar-refractivity contribution in [2.45, 2.75) is 43.7 Å². The number of methoxy groups -OCH3 is 1. The summed E-state index contributed by atoms with van der Waals surface area (Å²) in [6.45, 7) is -0.0243. The monoisotopic (exact) mass is 482 g/mol. The molecule has 9 heteroatoms. The minimum absolute atomic E-state index is 0.0474. The molecule has 2 atom stereocenters. The molecular formula is C26H30N2O7. The standard InChI is InChI=1S/C26H30N2O7/c1-33-15-23(25(30)31)35-28-24(29)13-22(16-7-6-8-16)27-26(32)34-14-21-19-11-4-2-9-17(19)18-10-3-5-12-20(18)21/h2-5,9-12,16,21-23H,6-8,13-15H2,1H3,(H,27,32)(H,28,29)(H,30,31). The quantitative estimate of drug-likeness (QED) is 0.420. The molecule has 2 aliphatic rings. The number of hydroxylamine groups is 1. The van der Waals surface area contributed by atoms with Crippen LogP contribution in [0.15, 0.2) is 48.5 Å². The second-order valence-electron chi connectivity index (χ2n) is 8.90. The van der Waals surface area contributed by atoms with Crippen LogP contribution in [-0.2, 0) is 23.9 Å². The first-order valence-corrected chi connectivity index (χ1v) is 11.8. The molecule has 0 bridgehead atoms. The van der Waals surface area contributed by atoms with Crippen LogP contribution < -0.4 is 10.8 Å². The molecule has 1 saturated carbocycles. The highest BCUT2D eigenvalue weighted by atomic mass is 16.7. The van der Waals surface area contributed by atoms with Crippen LogP contribution in [0.2, 0.25) is 0 Å². The Kier molecular flexibility index (Phi) is 7.99. The lowest BCUT2D eigenvalue weighted by atomic mass is 9.78. The van der Waals surface area contributed by atoms with Gasteiger partial charge in [0, 0.05) is 25.5 Å². The lowest BCUT2D eigenvalue weighted by Gasteiger charge is -2.33. The Morgan fingerprint density at radius 3 is 2.20 bits per heavy atom. The highest BCUT2D eigenvalue weighted by molar-refractivity contribution is 5.79. The Balaban J connectivity index is 1.33. The molecule has 0 heterocycles. The van der Waals surface area contributed by atoms with E-state index in [1.807, 2.05) is 24.3 Å². The van der Waals surface area contributed by atoms with Crippen LogP contribution in [0.3, 0.4) is 0 Å². The van der Waals surface area contributed by atoms with E-state index in [1.165, 1.54) is 7.11 Å². The van der Waals surface area contributed by atoms with Crippen molar-refractivity contribution < 1.29 is 33.8 Å². The molecule has 2 aliphatic carbocycles. The normalized spacial score (nSPS) is 16.4. The number of carbonyl (C=O) groups excluding carboxylic acids is 2. The van der Waals surface area contributed by atoms with Gasteiger partial charge in [0.05, 0.1) is 6.61 Å². The molecule has 186 valence electrons. The topological polar surface area (TPSA) is 123 Å². The summed E-state index contributed by atoms with van der Waals surface area (Å²) < 4.78 is 10.4. The molecule has 35 heavy (non-hydrogen) atoms. The highest BCUT2D eigenvalue weighted by Gasteiger charge is 2.33. The molecule has 0 saturated heterocycles. The molecule has 3 N–H and O–H groups in total. The number of carbonyl (C=O) groups is 3. The van der Waals surface area contributed by atoms with Gasteiger partial charge in [0.2, 0.25) is 12.0 Å². The number of carboxylic acids is 1. The van der Waals surface area contributed by atoms with E-state index in [1.54, 1.807) is 0 Å². The molecule has 2 aromatic rings. The molecule has 2 amide bonds. The average molecular weight is 483 g/mol.